The molecule has 1 N–H and O–H groups in total. The van der Waals surface area contributed by atoms with Crippen LogP contribution in [0.15, 0.2) is 42.6 Å². The summed E-state index contributed by atoms with van der Waals surface area (Å²) in [5, 5.41) is 3.34. The Morgan fingerprint density at radius 3 is 2.59 bits per heavy atom. The Balaban J connectivity index is 2.46. The van der Waals surface area contributed by atoms with Gasteiger partial charge in [-0.2, -0.15) is 0 Å². The van der Waals surface area contributed by atoms with E-state index < -0.39 is 0 Å². The number of aryl methyl sites for hydroxylation is 2. The molecule has 1 unspecified atom stereocenters. The zero-order valence-corrected chi connectivity index (χ0v) is 10.6. The Bertz CT molecular complexity index is 492. The first-order valence-electron chi connectivity index (χ1n) is 5.87. The zero-order chi connectivity index (χ0) is 12.3. The second-order valence-electron chi connectivity index (χ2n) is 4.34. The van der Waals surface area contributed by atoms with Crippen molar-refractivity contribution in [2.75, 3.05) is 7.05 Å². The Kier molecular flexibility index (Phi) is 3.55. The number of aromatic nitrogens is 1. The third-order valence-corrected chi connectivity index (χ3v) is 3.02. The maximum atomic E-state index is 4.43. The van der Waals surface area contributed by atoms with Gasteiger partial charge in [-0.1, -0.05) is 29.8 Å². The molecule has 1 aromatic carbocycles. The van der Waals surface area contributed by atoms with E-state index in [0.717, 1.165) is 5.69 Å². The molecule has 0 saturated carbocycles. The van der Waals surface area contributed by atoms with Crippen molar-refractivity contribution >= 4 is 0 Å². The first-order chi connectivity index (χ1) is 8.22. The third kappa shape index (κ3) is 2.53. The summed E-state index contributed by atoms with van der Waals surface area (Å²) in [5.74, 6) is 0. The molecule has 0 fully saturated rings. The van der Waals surface area contributed by atoms with Crippen molar-refractivity contribution in [3.8, 4) is 0 Å². The fraction of sp³-hybridized carbons (Fsp3) is 0.267. The Morgan fingerprint density at radius 2 is 1.94 bits per heavy atom. The van der Waals surface area contributed by atoms with Crippen LogP contribution >= 0.6 is 0 Å². The molecule has 2 rings (SSSR count). The summed E-state index contributed by atoms with van der Waals surface area (Å²) in [6.45, 7) is 4.26. The minimum atomic E-state index is 0.163. The molecule has 0 aliphatic heterocycles. The number of pyridine rings is 1. The normalized spacial score (nSPS) is 12.4. The molecule has 88 valence electrons. The molecule has 2 aromatic rings. The van der Waals surface area contributed by atoms with Gasteiger partial charge in [-0.05, 0) is 44.2 Å². The van der Waals surface area contributed by atoms with Crippen LogP contribution in [0.4, 0.5) is 0 Å². The van der Waals surface area contributed by atoms with E-state index in [2.05, 4.69) is 48.4 Å². The molecule has 0 radical (unpaired) electrons. The Morgan fingerprint density at radius 1 is 1.12 bits per heavy atom. The molecule has 0 aliphatic carbocycles. The molecule has 1 heterocycles. The minimum absolute atomic E-state index is 0.163. The molecular formula is C15H18N2. The highest BCUT2D eigenvalue weighted by molar-refractivity contribution is 5.37. The van der Waals surface area contributed by atoms with Crippen LogP contribution in [0.1, 0.15) is 28.4 Å². The molecule has 2 heteroatoms. The van der Waals surface area contributed by atoms with Crippen molar-refractivity contribution in [3.05, 3.63) is 65.0 Å². The average molecular weight is 226 g/mol. The molecule has 1 atom stereocenters. The van der Waals surface area contributed by atoms with Crippen LogP contribution in [0.2, 0.25) is 0 Å². The lowest BCUT2D eigenvalue weighted by Crippen LogP contribution is -2.19. The second-order valence-corrected chi connectivity index (χ2v) is 4.34. The van der Waals surface area contributed by atoms with Gasteiger partial charge in [0.25, 0.3) is 0 Å². The van der Waals surface area contributed by atoms with E-state index in [4.69, 9.17) is 0 Å². The summed E-state index contributed by atoms with van der Waals surface area (Å²) in [5.41, 5.74) is 4.93. The number of nitrogens with one attached hydrogen (secondary N) is 1. The van der Waals surface area contributed by atoms with Crippen LogP contribution in [0, 0.1) is 13.8 Å². The van der Waals surface area contributed by atoms with Gasteiger partial charge < -0.3 is 5.32 Å². The van der Waals surface area contributed by atoms with Crippen LogP contribution in [-0.4, -0.2) is 12.0 Å². The van der Waals surface area contributed by atoms with Crippen molar-refractivity contribution in [1.29, 1.82) is 0 Å². The largest absolute Gasteiger partial charge is 0.308 e. The van der Waals surface area contributed by atoms with Gasteiger partial charge in [0.05, 0.1) is 11.7 Å². The van der Waals surface area contributed by atoms with E-state index in [0.29, 0.717) is 0 Å². The van der Waals surface area contributed by atoms with Crippen LogP contribution in [0.5, 0.6) is 0 Å². The summed E-state index contributed by atoms with van der Waals surface area (Å²) in [6, 6.07) is 12.7. The van der Waals surface area contributed by atoms with Crippen LogP contribution < -0.4 is 5.32 Å². The standard InChI is InChI=1S/C15H18N2/c1-11-7-8-12(2)13(10-11)15(16-3)14-6-4-5-9-17-14/h4-10,15-16H,1-3H3. The van der Waals surface area contributed by atoms with Gasteiger partial charge in [-0.3, -0.25) is 4.98 Å². The van der Waals surface area contributed by atoms with Crippen LogP contribution in [0.3, 0.4) is 0 Å². The first-order valence-corrected chi connectivity index (χ1v) is 5.87. The third-order valence-electron chi connectivity index (χ3n) is 3.02. The fourth-order valence-corrected chi connectivity index (χ4v) is 2.08. The van der Waals surface area contributed by atoms with Gasteiger partial charge in [0, 0.05) is 6.20 Å². The van der Waals surface area contributed by atoms with Gasteiger partial charge >= 0.3 is 0 Å². The smallest absolute Gasteiger partial charge is 0.0751 e. The highest BCUT2D eigenvalue weighted by Gasteiger charge is 2.14. The van der Waals surface area contributed by atoms with Crippen molar-refractivity contribution in [2.45, 2.75) is 19.9 Å². The van der Waals surface area contributed by atoms with Crippen molar-refractivity contribution < 1.29 is 0 Å². The lowest BCUT2D eigenvalue weighted by Gasteiger charge is -2.19. The quantitative estimate of drug-likeness (QED) is 0.870. The van der Waals surface area contributed by atoms with E-state index in [1.54, 1.807) is 0 Å². The fourth-order valence-electron chi connectivity index (χ4n) is 2.08. The van der Waals surface area contributed by atoms with E-state index >= 15 is 0 Å². The van der Waals surface area contributed by atoms with Gasteiger partial charge in [0.15, 0.2) is 0 Å². The maximum Gasteiger partial charge on any atom is 0.0751 e. The highest BCUT2D eigenvalue weighted by atomic mass is 14.9. The van der Waals surface area contributed by atoms with Gasteiger partial charge in [-0.25, -0.2) is 0 Å². The Hall–Kier alpha value is -1.67. The summed E-state index contributed by atoms with van der Waals surface area (Å²) in [7, 11) is 1.97. The molecule has 0 bridgehead atoms. The lowest BCUT2D eigenvalue weighted by molar-refractivity contribution is 0.666. The molecule has 0 amide bonds. The molecule has 0 aliphatic rings. The number of rotatable bonds is 3. The summed E-state index contributed by atoms with van der Waals surface area (Å²) >= 11 is 0. The van der Waals surface area contributed by atoms with Crippen LogP contribution in [0.25, 0.3) is 0 Å². The van der Waals surface area contributed by atoms with Gasteiger partial charge in [0.1, 0.15) is 0 Å². The van der Waals surface area contributed by atoms with E-state index in [9.17, 15) is 0 Å². The lowest BCUT2D eigenvalue weighted by atomic mass is 9.96. The van der Waals surface area contributed by atoms with E-state index in [1.165, 1.54) is 16.7 Å². The number of hydrogen-bond donors (Lipinski definition) is 1. The van der Waals surface area contributed by atoms with Crippen molar-refractivity contribution in [2.24, 2.45) is 0 Å². The number of benzene rings is 1. The topological polar surface area (TPSA) is 24.9 Å². The molecule has 2 nitrogen and oxygen atoms in total. The predicted molar refractivity (Wildman–Crippen MR) is 71.1 cm³/mol. The molecule has 0 saturated heterocycles. The highest BCUT2D eigenvalue weighted by Crippen LogP contribution is 2.23. The monoisotopic (exact) mass is 226 g/mol. The molecule has 0 spiro atoms. The van der Waals surface area contributed by atoms with Crippen molar-refractivity contribution in [1.82, 2.24) is 10.3 Å². The Labute approximate surface area is 103 Å². The van der Waals surface area contributed by atoms with Gasteiger partial charge in [0.2, 0.25) is 0 Å². The average Bonchev–Trinajstić information content (AvgIpc) is 2.36. The van der Waals surface area contributed by atoms with Crippen LogP contribution in [-0.2, 0) is 0 Å². The van der Waals surface area contributed by atoms with E-state index in [1.807, 2.05) is 25.4 Å². The van der Waals surface area contributed by atoms with E-state index in [-0.39, 0.29) is 6.04 Å². The minimum Gasteiger partial charge on any atom is -0.308 e. The summed E-state index contributed by atoms with van der Waals surface area (Å²) in [6.07, 6.45) is 1.84. The first kappa shape index (κ1) is 11.8. The van der Waals surface area contributed by atoms with Gasteiger partial charge in [-0.15, -0.1) is 0 Å². The summed E-state index contributed by atoms with van der Waals surface area (Å²) < 4.78 is 0. The second kappa shape index (κ2) is 5.11. The molecule has 17 heavy (non-hydrogen) atoms. The molecule has 1 aromatic heterocycles. The summed E-state index contributed by atoms with van der Waals surface area (Å²) in [4.78, 5) is 4.43. The predicted octanol–water partition coefficient (Wildman–Crippen LogP) is 3.01. The maximum absolute atomic E-state index is 4.43. The SMILES string of the molecule is CNC(c1ccccn1)c1cc(C)ccc1C. The molecular weight excluding hydrogens is 208 g/mol. The number of hydrogen-bond acceptors (Lipinski definition) is 2. The zero-order valence-electron chi connectivity index (χ0n) is 10.6. The number of nitrogens with zero attached hydrogens (tertiary/aromatic N) is 1. The van der Waals surface area contributed by atoms with Crippen molar-refractivity contribution in [3.63, 3.8) is 0 Å².